The van der Waals surface area contributed by atoms with E-state index in [-0.39, 0.29) is 21.4 Å². The molecule has 1 aliphatic rings. The SMILES string of the molecule is C[Si](Cl)(Cl)NB1NB(N[Si](C)(Cl)Cl)NB(N[Si](C)(Cl)Cl)N1. The Morgan fingerprint density at radius 1 is 0.571 bits per heavy atom. The van der Waals surface area contributed by atoms with Gasteiger partial charge in [-0.2, -0.15) is 0 Å². The maximum atomic E-state index is 6.09. The first-order chi connectivity index (χ1) is 9.23. The molecule has 0 spiro atoms. The standard InChI is InChI=1S/C3H15B3Cl6N6Si3/c1-19(7,8)16-4-13-5(17-20(2,9)10)15-6(14-4)18-21(3,11)12/h13-18H,1-3H3. The lowest BCUT2D eigenvalue weighted by Gasteiger charge is -2.37. The summed E-state index contributed by atoms with van der Waals surface area (Å²) in [6, 6.07) is 0. The van der Waals surface area contributed by atoms with Crippen LogP contribution in [0.2, 0.25) is 19.6 Å². The van der Waals surface area contributed by atoms with Crippen molar-refractivity contribution in [2.75, 3.05) is 0 Å². The van der Waals surface area contributed by atoms with Gasteiger partial charge in [-0.1, -0.05) is 0 Å². The fourth-order valence-electron chi connectivity index (χ4n) is 1.65. The zero-order chi connectivity index (χ0) is 16.5. The van der Waals surface area contributed by atoms with Gasteiger partial charge < -0.3 is 30.1 Å². The first kappa shape index (κ1) is 21.4. The third kappa shape index (κ3) is 10.7. The molecule has 6 N–H and O–H groups in total. The van der Waals surface area contributed by atoms with Crippen LogP contribution in [0.25, 0.3) is 0 Å². The second-order valence-corrected chi connectivity index (χ2v) is 26.4. The molecule has 0 unspecified atom stereocenters. The van der Waals surface area contributed by atoms with Crippen molar-refractivity contribution < 1.29 is 0 Å². The minimum atomic E-state index is -2.54. The molecule has 0 amide bonds. The van der Waals surface area contributed by atoms with Crippen LogP contribution in [-0.4, -0.2) is 41.9 Å². The van der Waals surface area contributed by atoms with Crippen molar-refractivity contribution in [3.05, 3.63) is 0 Å². The van der Waals surface area contributed by atoms with Crippen LogP contribution in [0.4, 0.5) is 0 Å². The molecule has 1 fully saturated rings. The van der Waals surface area contributed by atoms with E-state index in [2.05, 4.69) is 30.1 Å². The summed E-state index contributed by atoms with van der Waals surface area (Å²) >= 11 is 36.6. The van der Waals surface area contributed by atoms with Gasteiger partial charge in [0.1, 0.15) is 0 Å². The van der Waals surface area contributed by atoms with Gasteiger partial charge >= 0.3 is 41.9 Å². The Morgan fingerprint density at radius 2 is 0.762 bits per heavy atom. The van der Waals surface area contributed by atoms with Gasteiger partial charge in [0.05, 0.1) is 0 Å². The Morgan fingerprint density at radius 3 is 0.905 bits per heavy atom. The average molecular weight is 465 g/mol. The van der Waals surface area contributed by atoms with Gasteiger partial charge in [-0.15, -0.1) is 66.5 Å². The predicted octanol–water partition coefficient (Wildman–Crippen LogP) is 0.631. The van der Waals surface area contributed by atoms with Crippen LogP contribution in [0.3, 0.4) is 0 Å². The Kier molecular flexibility index (Phi) is 8.30. The van der Waals surface area contributed by atoms with Gasteiger partial charge in [0, 0.05) is 0 Å². The molecule has 6 nitrogen and oxygen atoms in total. The number of hydrogen-bond donors (Lipinski definition) is 6. The maximum Gasteiger partial charge on any atom is 0.371 e. The second kappa shape index (κ2) is 8.15. The molecule has 0 atom stereocenters. The topological polar surface area (TPSA) is 72.2 Å². The van der Waals surface area contributed by atoms with E-state index in [1.165, 1.54) is 0 Å². The lowest BCUT2D eigenvalue weighted by molar-refractivity contribution is 1.05. The van der Waals surface area contributed by atoms with Crippen LogP contribution in [-0.2, 0) is 0 Å². The van der Waals surface area contributed by atoms with Crippen LogP contribution < -0.4 is 30.1 Å². The Labute approximate surface area is 157 Å². The third-order valence-corrected chi connectivity index (χ3v) is 6.54. The average Bonchev–Trinajstić information content (AvgIpc) is 2.06. The largest absolute Gasteiger partial charge is 0.371 e. The summed E-state index contributed by atoms with van der Waals surface area (Å²) in [5, 5.41) is 9.48. The summed E-state index contributed by atoms with van der Waals surface area (Å²) in [7, 11) is -1.12. The first-order valence-electron chi connectivity index (χ1n) is 5.98. The molecule has 0 aromatic carbocycles. The Bertz CT molecular complexity index is 293. The third-order valence-electron chi connectivity index (χ3n) is 2.19. The van der Waals surface area contributed by atoms with E-state index < -0.39 is 20.6 Å². The molecule has 120 valence electrons. The number of rotatable bonds is 6. The van der Waals surface area contributed by atoms with Crippen molar-refractivity contribution in [1.29, 1.82) is 0 Å². The van der Waals surface area contributed by atoms with Gasteiger partial charge in [0.25, 0.3) is 0 Å². The Balaban J connectivity index is 2.73. The molecule has 1 heterocycles. The number of halogens is 6. The molecule has 0 saturated carbocycles. The minimum absolute atomic E-state index is 0.373. The molecule has 1 saturated heterocycles. The lowest BCUT2D eigenvalue weighted by Crippen LogP contribution is -2.87. The molecule has 18 heteroatoms. The fourth-order valence-corrected chi connectivity index (χ4v) is 5.64. The number of nitrogens with one attached hydrogen (secondary N) is 6. The van der Waals surface area contributed by atoms with E-state index in [4.69, 9.17) is 66.5 Å². The zero-order valence-corrected chi connectivity index (χ0v) is 19.0. The minimum Gasteiger partial charge on any atom is -0.343 e. The molecule has 0 radical (unpaired) electrons. The fraction of sp³-hybridized carbons (Fsp3) is 1.00. The summed E-state index contributed by atoms with van der Waals surface area (Å²) in [6.07, 6.45) is 0. The highest BCUT2D eigenvalue weighted by molar-refractivity contribution is 7.46. The molecule has 0 aromatic rings. The Hall–Kier alpha value is 2.35. The van der Waals surface area contributed by atoms with Crippen molar-refractivity contribution in [3.8, 4) is 0 Å². The van der Waals surface area contributed by atoms with Gasteiger partial charge in [-0.05, 0) is 19.6 Å². The van der Waals surface area contributed by atoms with E-state index in [0.29, 0.717) is 0 Å². The monoisotopic (exact) mass is 462 g/mol. The molecule has 1 aliphatic heterocycles. The molecular weight excluding hydrogens is 449 g/mol. The molecule has 1 rings (SSSR count). The van der Waals surface area contributed by atoms with E-state index in [1.807, 2.05) is 0 Å². The van der Waals surface area contributed by atoms with Crippen molar-refractivity contribution in [3.63, 3.8) is 0 Å². The zero-order valence-electron chi connectivity index (χ0n) is 11.5. The van der Waals surface area contributed by atoms with Crippen LogP contribution in [0.1, 0.15) is 0 Å². The quantitative estimate of drug-likeness (QED) is 0.256. The van der Waals surface area contributed by atoms with Gasteiger partial charge in [0.15, 0.2) is 0 Å². The van der Waals surface area contributed by atoms with Crippen molar-refractivity contribution >= 4 is 108 Å². The van der Waals surface area contributed by atoms with Crippen LogP contribution >= 0.6 is 66.5 Å². The predicted molar refractivity (Wildman–Crippen MR) is 106 cm³/mol. The summed E-state index contributed by atoms with van der Waals surface area (Å²) in [5.74, 6) is 0. The van der Waals surface area contributed by atoms with E-state index in [9.17, 15) is 0 Å². The summed E-state index contributed by atoms with van der Waals surface area (Å²) < 4.78 is 0. The molecule has 0 bridgehead atoms. The highest BCUT2D eigenvalue weighted by Gasteiger charge is 2.43. The number of hydrogen-bond acceptors (Lipinski definition) is 6. The van der Waals surface area contributed by atoms with Crippen LogP contribution in [0, 0.1) is 0 Å². The van der Waals surface area contributed by atoms with Crippen LogP contribution in [0.5, 0.6) is 0 Å². The van der Waals surface area contributed by atoms with E-state index >= 15 is 0 Å². The van der Waals surface area contributed by atoms with Crippen molar-refractivity contribution in [2.24, 2.45) is 0 Å². The van der Waals surface area contributed by atoms with Gasteiger partial charge in [0.2, 0.25) is 0 Å². The van der Waals surface area contributed by atoms with Crippen LogP contribution in [0.15, 0.2) is 0 Å². The second-order valence-electron chi connectivity index (χ2n) is 4.90. The van der Waals surface area contributed by atoms with Crippen molar-refractivity contribution in [1.82, 2.24) is 30.1 Å². The summed E-state index contributed by atoms with van der Waals surface area (Å²) in [4.78, 5) is 9.23. The molecule has 21 heavy (non-hydrogen) atoms. The highest BCUT2D eigenvalue weighted by atomic mass is 35.7. The summed E-state index contributed by atoms with van der Waals surface area (Å²) in [5.41, 5.74) is 0. The van der Waals surface area contributed by atoms with Crippen molar-refractivity contribution in [2.45, 2.75) is 19.6 Å². The maximum absolute atomic E-state index is 6.09. The van der Waals surface area contributed by atoms with Gasteiger partial charge in [-0.25, -0.2) is 0 Å². The normalized spacial score (nSPS) is 18.4. The molecule has 0 aliphatic carbocycles. The first-order valence-corrected chi connectivity index (χ1v) is 19.6. The van der Waals surface area contributed by atoms with E-state index in [0.717, 1.165) is 0 Å². The smallest absolute Gasteiger partial charge is 0.343 e. The lowest BCUT2D eigenvalue weighted by atomic mass is 9.66. The molecule has 0 aromatic heterocycles. The highest BCUT2D eigenvalue weighted by Crippen LogP contribution is 2.12. The van der Waals surface area contributed by atoms with E-state index in [1.54, 1.807) is 19.6 Å². The molecular formula is C3H15B3Cl6N6Si3. The van der Waals surface area contributed by atoms with Gasteiger partial charge in [-0.3, -0.25) is 0 Å². The summed E-state index contributed by atoms with van der Waals surface area (Å²) in [6.45, 7) is -2.39.